The van der Waals surface area contributed by atoms with Crippen LogP contribution in [0.15, 0.2) is 40.9 Å². The summed E-state index contributed by atoms with van der Waals surface area (Å²) in [5, 5.41) is 12.5. The summed E-state index contributed by atoms with van der Waals surface area (Å²) >= 11 is 3.37. The van der Waals surface area contributed by atoms with Crippen molar-refractivity contribution < 1.29 is 14.7 Å². The van der Waals surface area contributed by atoms with Gasteiger partial charge in [0.05, 0.1) is 11.8 Å². The fourth-order valence-electron chi connectivity index (χ4n) is 4.48. The Balaban J connectivity index is 1.62. The number of benzene rings is 1. The van der Waals surface area contributed by atoms with Gasteiger partial charge in [0, 0.05) is 10.2 Å². The van der Waals surface area contributed by atoms with Gasteiger partial charge in [-0.05, 0) is 48.3 Å². The van der Waals surface area contributed by atoms with Gasteiger partial charge in [0.1, 0.15) is 0 Å². The molecule has 4 rings (SSSR count). The first-order valence-corrected chi connectivity index (χ1v) is 8.30. The van der Waals surface area contributed by atoms with Crippen molar-refractivity contribution >= 4 is 33.5 Å². The quantitative estimate of drug-likeness (QED) is 0.811. The normalized spacial score (nSPS) is 33.1. The zero-order chi connectivity index (χ0) is 15.5. The predicted molar refractivity (Wildman–Crippen MR) is 85.2 cm³/mol. The van der Waals surface area contributed by atoms with Crippen LogP contribution >= 0.6 is 15.9 Å². The molecule has 4 atom stereocenters. The number of hydrogen-bond acceptors (Lipinski definition) is 2. The van der Waals surface area contributed by atoms with Crippen molar-refractivity contribution in [1.29, 1.82) is 0 Å². The predicted octanol–water partition coefficient (Wildman–Crippen LogP) is 3.30. The summed E-state index contributed by atoms with van der Waals surface area (Å²) < 4.78 is 0.881. The first kappa shape index (κ1) is 14.0. The number of aliphatic carboxylic acids is 1. The lowest BCUT2D eigenvalue weighted by Gasteiger charge is -2.23. The summed E-state index contributed by atoms with van der Waals surface area (Å²) in [7, 11) is 0. The van der Waals surface area contributed by atoms with Crippen molar-refractivity contribution in [2.24, 2.45) is 29.1 Å². The van der Waals surface area contributed by atoms with Crippen molar-refractivity contribution in [3.05, 3.63) is 40.9 Å². The molecular weight excluding hydrogens is 346 g/mol. The number of rotatable bonds is 3. The molecule has 1 aromatic rings. The highest BCUT2D eigenvalue weighted by Gasteiger charge is 2.70. The van der Waals surface area contributed by atoms with Gasteiger partial charge in [-0.25, -0.2) is 0 Å². The number of carboxylic acids is 1. The molecule has 0 aliphatic heterocycles. The van der Waals surface area contributed by atoms with Gasteiger partial charge in [-0.15, -0.1) is 0 Å². The van der Waals surface area contributed by atoms with Gasteiger partial charge >= 0.3 is 5.97 Å². The highest BCUT2D eigenvalue weighted by molar-refractivity contribution is 9.10. The SMILES string of the molecule is O=C(Nc1cccc(Br)c1)[C@@H]1[C@@H](C(=O)O)[C@@H]2C=C[C@H]1C21CC1. The lowest BCUT2D eigenvalue weighted by molar-refractivity contribution is -0.146. The molecule has 2 bridgehead atoms. The molecule has 3 aliphatic carbocycles. The van der Waals surface area contributed by atoms with E-state index in [1.165, 1.54) is 0 Å². The summed E-state index contributed by atoms with van der Waals surface area (Å²) in [6, 6.07) is 7.37. The largest absolute Gasteiger partial charge is 0.481 e. The van der Waals surface area contributed by atoms with Gasteiger partial charge in [-0.1, -0.05) is 34.1 Å². The van der Waals surface area contributed by atoms with Crippen molar-refractivity contribution in [3.63, 3.8) is 0 Å². The Labute approximate surface area is 136 Å². The van der Waals surface area contributed by atoms with Gasteiger partial charge < -0.3 is 10.4 Å². The number of hydrogen-bond donors (Lipinski definition) is 2. The maximum atomic E-state index is 12.7. The van der Waals surface area contributed by atoms with E-state index in [2.05, 4.69) is 27.3 Å². The molecule has 1 amide bonds. The molecule has 0 heterocycles. The summed E-state index contributed by atoms with van der Waals surface area (Å²) in [5.74, 6) is -1.98. The molecular formula is C17H16BrNO3. The van der Waals surface area contributed by atoms with E-state index >= 15 is 0 Å². The smallest absolute Gasteiger partial charge is 0.307 e. The molecule has 1 aromatic carbocycles. The minimum atomic E-state index is -0.850. The number of halogens is 1. The lowest BCUT2D eigenvalue weighted by Crippen LogP contribution is -2.36. The van der Waals surface area contributed by atoms with Gasteiger partial charge in [0.15, 0.2) is 0 Å². The van der Waals surface area contributed by atoms with E-state index in [1.54, 1.807) is 0 Å². The molecule has 5 heteroatoms. The molecule has 2 fully saturated rings. The van der Waals surface area contributed by atoms with Crippen molar-refractivity contribution in [2.75, 3.05) is 5.32 Å². The number of anilines is 1. The molecule has 3 aliphatic rings. The second kappa shape index (κ2) is 4.69. The maximum Gasteiger partial charge on any atom is 0.307 e. The molecule has 0 radical (unpaired) electrons. The number of nitrogens with one attached hydrogen (secondary N) is 1. The standard InChI is InChI=1S/C17H16BrNO3/c18-9-2-1-3-10(8-9)19-15(20)13-11-4-5-12(14(13)16(21)22)17(11)6-7-17/h1-5,8,11-14H,6-7H2,(H,19,20)(H,21,22)/t11-,12+,13+,14+/m1/s1. The molecule has 4 nitrogen and oxygen atoms in total. The molecule has 0 aromatic heterocycles. The van der Waals surface area contributed by atoms with Crippen LogP contribution in [0.5, 0.6) is 0 Å². The third-order valence-corrected chi connectivity index (χ3v) is 6.01. The Morgan fingerprint density at radius 1 is 1.18 bits per heavy atom. The van der Waals surface area contributed by atoms with Crippen LogP contribution in [0.25, 0.3) is 0 Å². The van der Waals surface area contributed by atoms with Crippen LogP contribution in [0.3, 0.4) is 0 Å². The second-order valence-corrected chi connectivity index (χ2v) is 7.47. The molecule has 1 spiro atoms. The fraction of sp³-hybridized carbons (Fsp3) is 0.412. The summed E-state index contributed by atoms with van der Waals surface area (Å²) in [4.78, 5) is 24.4. The average molecular weight is 362 g/mol. The number of allylic oxidation sites excluding steroid dienone is 2. The molecule has 0 unspecified atom stereocenters. The van der Waals surface area contributed by atoms with Crippen LogP contribution in [0.1, 0.15) is 12.8 Å². The fourth-order valence-corrected chi connectivity index (χ4v) is 4.88. The number of carbonyl (C=O) groups is 2. The van der Waals surface area contributed by atoms with Gasteiger partial charge in [-0.3, -0.25) is 9.59 Å². The molecule has 2 N–H and O–H groups in total. The van der Waals surface area contributed by atoms with Crippen molar-refractivity contribution in [3.8, 4) is 0 Å². The highest BCUT2D eigenvalue weighted by Crippen LogP contribution is 2.72. The van der Waals surface area contributed by atoms with E-state index < -0.39 is 17.8 Å². The van der Waals surface area contributed by atoms with Gasteiger partial charge in [-0.2, -0.15) is 0 Å². The zero-order valence-corrected chi connectivity index (χ0v) is 13.4. The van der Waals surface area contributed by atoms with Crippen molar-refractivity contribution in [2.45, 2.75) is 12.8 Å². The minimum Gasteiger partial charge on any atom is -0.481 e. The summed E-state index contributed by atoms with van der Waals surface area (Å²) in [6.07, 6.45) is 6.18. The minimum absolute atomic E-state index is 0.0215. The van der Waals surface area contributed by atoms with E-state index in [4.69, 9.17) is 0 Å². The highest BCUT2D eigenvalue weighted by atomic mass is 79.9. The topological polar surface area (TPSA) is 66.4 Å². The Morgan fingerprint density at radius 2 is 1.86 bits per heavy atom. The maximum absolute atomic E-state index is 12.7. The number of carboxylic acid groups (broad SMARTS) is 1. The van der Waals surface area contributed by atoms with Gasteiger partial charge in [0.2, 0.25) is 5.91 Å². The first-order valence-electron chi connectivity index (χ1n) is 7.50. The Kier molecular flexibility index (Phi) is 2.98. The lowest BCUT2D eigenvalue weighted by atomic mass is 9.82. The summed E-state index contributed by atoms with van der Waals surface area (Å²) in [6.45, 7) is 0. The van der Waals surface area contributed by atoms with E-state index in [9.17, 15) is 14.7 Å². The van der Waals surface area contributed by atoms with E-state index in [0.29, 0.717) is 5.69 Å². The second-order valence-electron chi connectivity index (χ2n) is 6.56. The van der Waals surface area contributed by atoms with Crippen LogP contribution < -0.4 is 5.32 Å². The van der Waals surface area contributed by atoms with Gasteiger partial charge in [0.25, 0.3) is 0 Å². The first-order chi connectivity index (χ1) is 10.5. The van der Waals surface area contributed by atoms with Crippen LogP contribution in [-0.4, -0.2) is 17.0 Å². The van der Waals surface area contributed by atoms with Crippen LogP contribution in [-0.2, 0) is 9.59 Å². The third kappa shape index (κ3) is 1.88. The summed E-state index contributed by atoms with van der Waals surface area (Å²) in [5.41, 5.74) is 0.752. The molecule has 22 heavy (non-hydrogen) atoms. The monoisotopic (exact) mass is 361 g/mol. The molecule has 0 saturated heterocycles. The van der Waals surface area contributed by atoms with E-state index in [1.807, 2.05) is 30.3 Å². The van der Waals surface area contributed by atoms with E-state index in [0.717, 1.165) is 17.3 Å². The van der Waals surface area contributed by atoms with Crippen LogP contribution in [0.4, 0.5) is 5.69 Å². The molecule has 114 valence electrons. The Hall–Kier alpha value is -1.62. The number of amides is 1. The zero-order valence-electron chi connectivity index (χ0n) is 11.8. The molecule has 2 saturated carbocycles. The Morgan fingerprint density at radius 3 is 2.45 bits per heavy atom. The number of carbonyl (C=O) groups excluding carboxylic acids is 1. The van der Waals surface area contributed by atoms with Crippen LogP contribution in [0.2, 0.25) is 0 Å². The van der Waals surface area contributed by atoms with Crippen molar-refractivity contribution in [1.82, 2.24) is 0 Å². The third-order valence-electron chi connectivity index (χ3n) is 5.52. The van der Waals surface area contributed by atoms with Crippen LogP contribution in [0, 0.1) is 29.1 Å². The Bertz CT molecular complexity index is 695. The van der Waals surface area contributed by atoms with E-state index in [-0.39, 0.29) is 23.2 Å². The average Bonchev–Trinajstić information content (AvgIpc) is 3.12.